The van der Waals surface area contributed by atoms with Crippen molar-refractivity contribution in [2.75, 3.05) is 7.05 Å². The second kappa shape index (κ2) is 5.97. The van der Waals surface area contributed by atoms with E-state index in [2.05, 4.69) is 12.2 Å². The fourth-order valence-corrected chi connectivity index (χ4v) is 1.24. The van der Waals surface area contributed by atoms with Gasteiger partial charge in [-0.1, -0.05) is 32.6 Å². The molecule has 0 aliphatic heterocycles. The first-order chi connectivity index (χ1) is 6.06. The van der Waals surface area contributed by atoms with E-state index in [-0.39, 0.29) is 0 Å². The van der Waals surface area contributed by atoms with Gasteiger partial charge in [0.1, 0.15) is 5.54 Å². The molecule has 0 aromatic carbocycles. The summed E-state index contributed by atoms with van der Waals surface area (Å²) in [6, 6.07) is 0. The van der Waals surface area contributed by atoms with Gasteiger partial charge in [-0.2, -0.15) is 0 Å². The van der Waals surface area contributed by atoms with Gasteiger partial charge in [-0.05, 0) is 20.4 Å². The lowest BCUT2D eigenvalue weighted by molar-refractivity contribution is -0.144. The first-order valence-electron chi connectivity index (χ1n) is 4.99. The Morgan fingerprint density at radius 3 is 2.38 bits per heavy atom. The van der Waals surface area contributed by atoms with Crippen LogP contribution in [0.2, 0.25) is 0 Å². The van der Waals surface area contributed by atoms with Crippen LogP contribution in [0.15, 0.2) is 0 Å². The van der Waals surface area contributed by atoms with E-state index in [1.165, 1.54) is 12.8 Å². The van der Waals surface area contributed by atoms with Crippen molar-refractivity contribution < 1.29 is 9.90 Å². The third-order valence-corrected chi connectivity index (χ3v) is 2.55. The molecule has 0 aromatic heterocycles. The van der Waals surface area contributed by atoms with E-state index in [1.807, 2.05) is 0 Å². The zero-order chi connectivity index (χ0) is 10.3. The molecule has 0 amide bonds. The van der Waals surface area contributed by atoms with Crippen molar-refractivity contribution in [3.05, 3.63) is 0 Å². The molecule has 0 aliphatic rings. The van der Waals surface area contributed by atoms with Crippen molar-refractivity contribution in [2.24, 2.45) is 0 Å². The van der Waals surface area contributed by atoms with Crippen LogP contribution in [0.5, 0.6) is 0 Å². The van der Waals surface area contributed by atoms with Crippen LogP contribution in [0.1, 0.15) is 46.0 Å². The molecule has 0 heterocycles. The van der Waals surface area contributed by atoms with Crippen LogP contribution >= 0.6 is 0 Å². The normalized spacial score (nSPS) is 15.3. The third-order valence-electron chi connectivity index (χ3n) is 2.55. The Morgan fingerprint density at radius 1 is 1.38 bits per heavy atom. The van der Waals surface area contributed by atoms with E-state index in [0.29, 0.717) is 6.42 Å². The maximum atomic E-state index is 10.9. The lowest BCUT2D eigenvalue weighted by atomic mass is 9.94. The van der Waals surface area contributed by atoms with E-state index in [4.69, 9.17) is 5.11 Å². The van der Waals surface area contributed by atoms with Crippen molar-refractivity contribution in [1.82, 2.24) is 5.32 Å². The number of aliphatic carboxylic acids is 1. The molecule has 0 spiro atoms. The molecule has 0 fully saturated rings. The number of carbonyl (C=O) groups is 1. The minimum absolute atomic E-state index is 0.707. The summed E-state index contributed by atoms with van der Waals surface area (Å²) in [7, 11) is 1.70. The minimum atomic E-state index is -0.758. The first-order valence-corrected chi connectivity index (χ1v) is 4.99. The summed E-state index contributed by atoms with van der Waals surface area (Å²) in [5.74, 6) is -0.758. The average molecular weight is 187 g/mol. The van der Waals surface area contributed by atoms with E-state index in [1.54, 1.807) is 14.0 Å². The quantitative estimate of drug-likeness (QED) is 0.599. The molecule has 0 rings (SSSR count). The monoisotopic (exact) mass is 187 g/mol. The van der Waals surface area contributed by atoms with Gasteiger partial charge in [0.15, 0.2) is 0 Å². The number of unbranched alkanes of at least 4 members (excludes halogenated alkanes) is 3. The average Bonchev–Trinajstić information content (AvgIpc) is 2.12. The van der Waals surface area contributed by atoms with Gasteiger partial charge in [-0.3, -0.25) is 4.79 Å². The highest BCUT2D eigenvalue weighted by molar-refractivity contribution is 5.78. The summed E-state index contributed by atoms with van der Waals surface area (Å²) >= 11 is 0. The van der Waals surface area contributed by atoms with Crippen LogP contribution in [0, 0.1) is 0 Å². The maximum absolute atomic E-state index is 10.9. The molecule has 0 saturated carbocycles. The van der Waals surface area contributed by atoms with E-state index >= 15 is 0 Å². The van der Waals surface area contributed by atoms with Gasteiger partial charge >= 0.3 is 5.97 Å². The predicted molar refractivity (Wildman–Crippen MR) is 53.9 cm³/mol. The Hall–Kier alpha value is -0.570. The Morgan fingerprint density at radius 2 is 2.00 bits per heavy atom. The van der Waals surface area contributed by atoms with Gasteiger partial charge in [0.05, 0.1) is 0 Å². The fraction of sp³-hybridized carbons (Fsp3) is 0.900. The van der Waals surface area contributed by atoms with Gasteiger partial charge in [-0.25, -0.2) is 0 Å². The molecule has 0 aliphatic carbocycles. The number of likely N-dealkylation sites (N-methyl/N-ethyl adjacent to an activating group) is 1. The number of carboxylic acids is 1. The standard InChI is InChI=1S/C10H21NO2/c1-4-5-6-7-8-10(2,11-3)9(12)13/h11H,4-8H2,1-3H3,(H,12,13). The van der Waals surface area contributed by atoms with Gasteiger partial charge < -0.3 is 10.4 Å². The summed E-state index contributed by atoms with van der Waals surface area (Å²) in [6.45, 7) is 3.88. The molecule has 0 aromatic rings. The first kappa shape index (κ1) is 12.4. The van der Waals surface area contributed by atoms with Crippen LogP contribution in [0.25, 0.3) is 0 Å². The zero-order valence-corrected chi connectivity index (χ0v) is 8.89. The molecule has 1 atom stereocenters. The molecule has 3 nitrogen and oxygen atoms in total. The number of rotatable bonds is 7. The van der Waals surface area contributed by atoms with Crippen molar-refractivity contribution in [1.29, 1.82) is 0 Å². The summed E-state index contributed by atoms with van der Waals surface area (Å²) < 4.78 is 0. The van der Waals surface area contributed by atoms with Gasteiger partial charge in [-0.15, -0.1) is 0 Å². The lowest BCUT2D eigenvalue weighted by Crippen LogP contribution is -2.47. The molecular formula is C10H21NO2. The topological polar surface area (TPSA) is 49.3 Å². The van der Waals surface area contributed by atoms with Crippen molar-refractivity contribution in [3.63, 3.8) is 0 Å². The molecule has 2 N–H and O–H groups in total. The van der Waals surface area contributed by atoms with Crippen molar-refractivity contribution in [2.45, 2.75) is 51.5 Å². The molecule has 78 valence electrons. The highest BCUT2D eigenvalue weighted by Gasteiger charge is 2.29. The minimum Gasteiger partial charge on any atom is -0.480 e. The van der Waals surface area contributed by atoms with E-state index < -0.39 is 11.5 Å². The Kier molecular flexibility index (Phi) is 5.71. The fourth-order valence-electron chi connectivity index (χ4n) is 1.24. The van der Waals surface area contributed by atoms with E-state index in [9.17, 15) is 4.79 Å². The van der Waals surface area contributed by atoms with Crippen molar-refractivity contribution in [3.8, 4) is 0 Å². The van der Waals surface area contributed by atoms with Gasteiger partial charge in [0.2, 0.25) is 0 Å². The van der Waals surface area contributed by atoms with Gasteiger partial charge in [0.25, 0.3) is 0 Å². The molecule has 13 heavy (non-hydrogen) atoms. The van der Waals surface area contributed by atoms with Crippen LogP contribution in [0.3, 0.4) is 0 Å². The number of carboxylic acid groups (broad SMARTS) is 1. The second-order valence-electron chi connectivity index (χ2n) is 3.70. The Bertz CT molecular complexity index is 159. The predicted octanol–water partition coefficient (Wildman–Crippen LogP) is 2.02. The largest absolute Gasteiger partial charge is 0.480 e. The second-order valence-corrected chi connectivity index (χ2v) is 3.70. The maximum Gasteiger partial charge on any atom is 0.323 e. The molecule has 0 saturated heterocycles. The molecular weight excluding hydrogens is 166 g/mol. The number of hydrogen-bond donors (Lipinski definition) is 2. The Balaban J connectivity index is 3.78. The SMILES string of the molecule is CCCCCCC(C)(NC)C(=O)O. The third kappa shape index (κ3) is 4.27. The van der Waals surface area contributed by atoms with E-state index in [0.717, 1.165) is 12.8 Å². The molecule has 0 bridgehead atoms. The summed E-state index contributed by atoms with van der Waals surface area (Å²) in [5, 5.41) is 11.8. The summed E-state index contributed by atoms with van der Waals surface area (Å²) in [5.41, 5.74) is -0.742. The van der Waals surface area contributed by atoms with Gasteiger partial charge in [0, 0.05) is 0 Å². The molecule has 1 unspecified atom stereocenters. The van der Waals surface area contributed by atoms with Crippen LogP contribution < -0.4 is 5.32 Å². The number of nitrogens with one attached hydrogen (secondary N) is 1. The Labute approximate surface area is 80.5 Å². The lowest BCUT2D eigenvalue weighted by Gasteiger charge is -2.23. The number of hydrogen-bond acceptors (Lipinski definition) is 2. The van der Waals surface area contributed by atoms with Crippen molar-refractivity contribution >= 4 is 5.97 Å². The van der Waals surface area contributed by atoms with Crippen LogP contribution in [-0.4, -0.2) is 23.7 Å². The zero-order valence-electron chi connectivity index (χ0n) is 8.89. The molecule has 3 heteroatoms. The highest BCUT2D eigenvalue weighted by atomic mass is 16.4. The van der Waals surface area contributed by atoms with Crippen LogP contribution in [0.4, 0.5) is 0 Å². The molecule has 0 radical (unpaired) electrons. The summed E-state index contributed by atoms with van der Waals surface area (Å²) in [4.78, 5) is 10.9. The smallest absolute Gasteiger partial charge is 0.323 e. The van der Waals surface area contributed by atoms with Crippen LogP contribution in [-0.2, 0) is 4.79 Å². The highest BCUT2D eigenvalue weighted by Crippen LogP contribution is 2.14. The summed E-state index contributed by atoms with van der Waals surface area (Å²) in [6.07, 6.45) is 5.19.